The van der Waals surface area contributed by atoms with E-state index in [4.69, 9.17) is 9.53 Å². The predicted molar refractivity (Wildman–Crippen MR) is 72.3 cm³/mol. The van der Waals surface area contributed by atoms with E-state index in [1.807, 2.05) is 0 Å². The number of nitrogens with zero attached hydrogens (tertiary/aromatic N) is 1. The first kappa shape index (κ1) is 15.5. The lowest BCUT2D eigenvalue weighted by Crippen LogP contribution is -2.44. The van der Waals surface area contributed by atoms with E-state index in [0.29, 0.717) is 13.0 Å². The molecular weight excluding hydrogens is 250 g/mol. The summed E-state index contributed by atoms with van der Waals surface area (Å²) in [5, 5.41) is 18.4. The summed E-state index contributed by atoms with van der Waals surface area (Å²) in [5.74, 6) is 0. The number of carboxylic acid groups (broad SMARTS) is 1. The van der Waals surface area contributed by atoms with E-state index < -0.39 is 14.4 Å². The molecular formula is C12H25NO4Si. The molecule has 0 unspecified atom stereocenters. The molecule has 2 atom stereocenters. The van der Waals surface area contributed by atoms with Crippen LogP contribution in [0.4, 0.5) is 4.79 Å². The number of carbonyl (C=O) groups is 1. The number of aliphatic hydroxyl groups excluding tert-OH is 1. The van der Waals surface area contributed by atoms with Gasteiger partial charge in [0.1, 0.15) is 0 Å². The topological polar surface area (TPSA) is 70.0 Å². The normalized spacial score (nSPS) is 25.6. The van der Waals surface area contributed by atoms with Gasteiger partial charge in [0.2, 0.25) is 0 Å². The summed E-state index contributed by atoms with van der Waals surface area (Å²) in [6.07, 6.45) is -0.468. The number of rotatable bonds is 3. The maximum Gasteiger partial charge on any atom is 0.407 e. The monoisotopic (exact) mass is 275 g/mol. The molecule has 18 heavy (non-hydrogen) atoms. The summed E-state index contributed by atoms with van der Waals surface area (Å²) in [7, 11) is -1.88. The van der Waals surface area contributed by atoms with Crippen LogP contribution in [0.15, 0.2) is 0 Å². The Balaban J connectivity index is 2.69. The fourth-order valence-corrected chi connectivity index (χ4v) is 3.32. The van der Waals surface area contributed by atoms with Gasteiger partial charge >= 0.3 is 6.09 Å². The van der Waals surface area contributed by atoms with Gasteiger partial charge in [-0.1, -0.05) is 20.8 Å². The molecule has 0 saturated carbocycles. The summed E-state index contributed by atoms with van der Waals surface area (Å²) >= 11 is 0. The molecule has 1 aliphatic heterocycles. The van der Waals surface area contributed by atoms with E-state index >= 15 is 0 Å². The van der Waals surface area contributed by atoms with Gasteiger partial charge in [0, 0.05) is 6.54 Å². The highest BCUT2D eigenvalue weighted by Crippen LogP contribution is 2.38. The number of likely N-dealkylation sites (tertiary alicyclic amines) is 1. The quantitative estimate of drug-likeness (QED) is 0.774. The molecule has 2 N–H and O–H groups in total. The molecule has 0 aromatic carbocycles. The van der Waals surface area contributed by atoms with Crippen molar-refractivity contribution in [2.45, 2.75) is 57.5 Å². The largest absolute Gasteiger partial charge is 0.465 e. The Bertz CT molecular complexity index is 314. The van der Waals surface area contributed by atoms with Crippen LogP contribution >= 0.6 is 0 Å². The standard InChI is InChI=1S/C12H25NO4Si/c1-12(2,3)18(4,5)17-10-6-9(8-14)13(7-10)11(15)16/h9-10,14H,6-8H2,1-5H3,(H,15,16)/t9-,10+/m0/s1. The summed E-state index contributed by atoms with van der Waals surface area (Å²) in [6.45, 7) is 11.0. The molecule has 106 valence electrons. The second-order valence-corrected chi connectivity index (χ2v) is 11.3. The average Bonchev–Trinajstić information content (AvgIpc) is 2.58. The van der Waals surface area contributed by atoms with E-state index in [2.05, 4.69) is 33.9 Å². The van der Waals surface area contributed by atoms with Gasteiger partial charge in [-0.15, -0.1) is 0 Å². The minimum Gasteiger partial charge on any atom is -0.465 e. The molecule has 1 fully saturated rings. The zero-order valence-corrected chi connectivity index (χ0v) is 12.9. The zero-order valence-electron chi connectivity index (χ0n) is 11.9. The van der Waals surface area contributed by atoms with Crippen LogP contribution in [-0.2, 0) is 4.43 Å². The van der Waals surface area contributed by atoms with Crippen molar-refractivity contribution in [3.05, 3.63) is 0 Å². The lowest BCUT2D eigenvalue weighted by molar-refractivity contribution is 0.116. The molecule has 1 heterocycles. The molecule has 0 aliphatic carbocycles. The van der Waals surface area contributed by atoms with Gasteiger partial charge in [0.25, 0.3) is 0 Å². The Morgan fingerprint density at radius 3 is 2.33 bits per heavy atom. The van der Waals surface area contributed by atoms with Crippen LogP contribution in [0.3, 0.4) is 0 Å². The van der Waals surface area contributed by atoms with Crippen LogP contribution in [0.25, 0.3) is 0 Å². The summed E-state index contributed by atoms with van der Waals surface area (Å²) in [6, 6.07) is -0.322. The molecule has 0 bridgehead atoms. The van der Waals surface area contributed by atoms with Crippen LogP contribution < -0.4 is 0 Å². The first-order chi connectivity index (χ1) is 8.08. The third-order valence-corrected chi connectivity index (χ3v) is 8.63. The van der Waals surface area contributed by atoms with Gasteiger partial charge in [-0.2, -0.15) is 0 Å². The molecule has 1 saturated heterocycles. The van der Waals surface area contributed by atoms with Gasteiger partial charge in [0.15, 0.2) is 8.32 Å². The number of hydrogen-bond acceptors (Lipinski definition) is 3. The van der Waals surface area contributed by atoms with E-state index in [1.165, 1.54) is 4.90 Å². The van der Waals surface area contributed by atoms with Gasteiger partial charge in [-0.25, -0.2) is 4.79 Å². The first-order valence-corrected chi connectivity index (χ1v) is 9.27. The molecule has 5 nitrogen and oxygen atoms in total. The second kappa shape index (κ2) is 5.18. The predicted octanol–water partition coefficient (Wildman–Crippen LogP) is 2.12. The Kier molecular flexibility index (Phi) is 4.45. The molecule has 1 aliphatic rings. The first-order valence-electron chi connectivity index (χ1n) is 6.36. The number of amides is 1. The number of aliphatic hydroxyl groups is 1. The van der Waals surface area contributed by atoms with Crippen LogP contribution in [0, 0.1) is 0 Å². The lowest BCUT2D eigenvalue weighted by Gasteiger charge is -2.38. The smallest absolute Gasteiger partial charge is 0.407 e. The highest BCUT2D eigenvalue weighted by Gasteiger charge is 2.43. The summed E-state index contributed by atoms with van der Waals surface area (Å²) in [4.78, 5) is 12.3. The molecule has 1 amide bonds. The van der Waals surface area contributed by atoms with E-state index in [1.54, 1.807) is 0 Å². The minimum atomic E-state index is -1.88. The zero-order chi connectivity index (χ0) is 14.1. The molecule has 0 aromatic heterocycles. The van der Waals surface area contributed by atoms with Gasteiger partial charge < -0.3 is 19.5 Å². The SMILES string of the molecule is CC(C)(C)[Si](C)(C)O[C@@H]1C[C@@H](CO)N(C(=O)O)C1. The van der Waals surface area contributed by atoms with Crippen molar-refractivity contribution in [3.63, 3.8) is 0 Å². The molecule has 1 rings (SSSR count). The molecule has 0 spiro atoms. The van der Waals surface area contributed by atoms with Crippen molar-refractivity contribution >= 4 is 14.4 Å². The maximum absolute atomic E-state index is 11.0. The Morgan fingerprint density at radius 2 is 2.00 bits per heavy atom. The summed E-state index contributed by atoms with van der Waals surface area (Å²) in [5.41, 5.74) is 0. The Labute approximate surface area is 110 Å². The van der Waals surface area contributed by atoms with Crippen molar-refractivity contribution in [3.8, 4) is 0 Å². The lowest BCUT2D eigenvalue weighted by atomic mass is 10.2. The number of hydrogen-bond donors (Lipinski definition) is 2. The average molecular weight is 275 g/mol. The van der Waals surface area contributed by atoms with Crippen LogP contribution in [-0.4, -0.2) is 54.8 Å². The van der Waals surface area contributed by atoms with E-state index in [9.17, 15) is 9.90 Å². The fraction of sp³-hybridized carbons (Fsp3) is 0.917. The van der Waals surface area contributed by atoms with Crippen LogP contribution in [0.5, 0.6) is 0 Å². The highest BCUT2D eigenvalue weighted by atomic mass is 28.4. The third-order valence-electron chi connectivity index (χ3n) is 4.10. The Hall–Kier alpha value is -0.593. The summed E-state index contributed by atoms with van der Waals surface area (Å²) < 4.78 is 6.20. The van der Waals surface area contributed by atoms with Crippen molar-refractivity contribution < 1.29 is 19.4 Å². The molecule has 6 heteroatoms. The fourth-order valence-electron chi connectivity index (χ4n) is 1.96. The van der Waals surface area contributed by atoms with Gasteiger partial charge in [0.05, 0.1) is 18.8 Å². The molecule has 0 radical (unpaired) electrons. The van der Waals surface area contributed by atoms with Crippen molar-refractivity contribution in [2.75, 3.05) is 13.2 Å². The molecule has 0 aromatic rings. The van der Waals surface area contributed by atoms with Crippen LogP contribution in [0.2, 0.25) is 18.1 Å². The third kappa shape index (κ3) is 3.24. The Morgan fingerprint density at radius 1 is 1.44 bits per heavy atom. The van der Waals surface area contributed by atoms with Crippen molar-refractivity contribution in [1.29, 1.82) is 0 Å². The van der Waals surface area contributed by atoms with Crippen LogP contribution in [0.1, 0.15) is 27.2 Å². The van der Waals surface area contributed by atoms with Crippen molar-refractivity contribution in [1.82, 2.24) is 4.90 Å². The minimum absolute atomic E-state index is 0.0841. The van der Waals surface area contributed by atoms with Gasteiger partial charge in [-0.3, -0.25) is 0 Å². The maximum atomic E-state index is 11.0. The second-order valence-electron chi connectivity index (χ2n) is 6.51. The van der Waals surface area contributed by atoms with Gasteiger partial charge in [-0.05, 0) is 24.6 Å². The van der Waals surface area contributed by atoms with Crippen molar-refractivity contribution in [2.24, 2.45) is 0 Å². The van der Waals surface area contributed by atoms with E-state index in [0.717, 1.165) is 0 Å². The van der Waals surface area contributed by atoms with E-state index in [-0.39, 0.29) is 23.8 Å². The highest BCUT2D eigenvalue weighted by molar-refractivity contribution is 6.74.